The van der Waals surface area contributed by atoms with Crippen LogP contribution in [-0.2, 0) is 30.4 Å². The second-order valence-electron chi connectivity index (χ2n) is 6.79. The Balaban J connectivity index is 1.65. The van der Waals surface area contributed by atoms with E-state index < -0.39 is 29.4 Å². The third kappa shape index (κ3) is 3.24. The molecule has 1 amide bonds. The first-order chi connectivity index (χ1) is 14.8. The number of thioether (sulfide) groups is 1. The van der Waals surface area contributed by atoms with E-state index in [1.807, 2.05) is 12.1 Å². The topological polar surface area (TPSA) is 125 Å². The van der Waals surface area contributed by atoms with Crippen molar-refractivity contribution in [3.63, 3.8) is 0 Å². The number of benzene rings is 1. The van der Waals surface area contributed by atoms with E-state index in [0.717, 1.165) is 16.2 Å². The van der Waals surface area contributed by atoms with Crippen molar-refractivity contribution in [2.75, 3.05) is 24.9 Å². The standard InChI is InChI=1S/C20H18N2O7S2/c1-27-17(24)14-10(15(18(25)28-2)30-16(14)21)9-29-19(26)20-8-7-13(23)22(20)11-5-3-4-6-12(11)31-20/h3-6H,7-9,21H2,1-2H3. The molecule has 1 fully saturated rings. The largest absolute Gasteiger partial charge is 0.465 e. The maximum atomic E-state index is 13.2. The van der Waals surface area contributed by atoms with Crippen LogP contribution >= 0.6 is 23.1 Å². The third-order valence-corrected chi connectivity index (χ3v) is 7.63. The van der Waals surface area contributed by atoms with Gasteiger partial charge in [-0.25, -0.2) is 14.4 Å². The first-order valence-corrected chi connectivity index (χ1v) is 10.8. The Morgan fingerprint density at radius 1 is 1.16 bits per heavy atom. The number of carbonyl (C=O) groups is 4. The fourth-order valence-electron chi connectivity index (χ4n) is 3.73. The fraction of sp³-hybridized carbons (Fsp3) is 0.300. The van der Waals surface area contributed by atoms with Gasteiger partial charge in [-0.1, -0.05) is 23.9 Å². The van der Waals surface area contributed by atoms with Crippen molar-refractivity contribution < 1.29 is 33.4 Å². The summed E-state index contributed by atoms with van der Waals surface area (Å²) >= 11 is 2.11. The molecule has 3 heterocycles. The van der Waals surface area contributed by atoms with Crippen LogP contribution in [-0.4, -0.2) is 42.9 Å². The van der Waals surface area contributed by atoms with E-state index in [-0.39, 0.29) is 39.8 Å². The molecule has 1 aromatic carbocycles. The molecule has 0 radical (unpaired) electrons. The first kappa shape index (κ1) is 21.2. The van der Waals surface area contributed by atoms with E-state index >= 15 is 0 Å². The lowest BCUT2D eigenvalue weighted by atomic mass is 10.1. The maximum absolute atomic E-state index is 13.2. The number of methoxy groups -OCH3 is 2. The average molecular weight is 463 g/mol. The molecule has 11 heteroatoms. The highest BCUT2D eigenvalue weighted by molar-refractivity contribution is 8.02. The van der Waals surface area contributed by atoms with Crippen LogP contribution in [0.25, 0.3) is 0 Å². The SMILES string of the molecule is COC(=O)c1sc(N)c(C(=O)OC)c1COC(=O)C12CCC(=O)N1c1ccccc1S2. The van der Waals surface area contributed by atoms with Crippen molar-refractivity contribution in [3.8, 4) is 0 Å². The third-order valence-electron chi connectivity index (χ3n) is 5.13. The minimum atomic E-state index is -1.22. The molecule has 162 valence electrons. The van der Waals surface area contributed by atoms with Gasteiger partial charge >= 0.3 is 17.9 Å². The molecule has 1 saturated heterocycles. The number of ether oxygens (including phenoxy) is 3. The second kappa shape index (κ2) is 7.89. The molecular weight excluding hydrogens is 444 g/mol. The zero-order valence-corrected chi connectivity index (χ0v) is 18.3. The Labute approximate surface area is 185 Å². The van der Waals surface area contributed by atoms with E-state index in [1.165, 1.54) is 30.9 Å². The fourth-order valence-corrected chi connectivity index (χ4v) is 6.12. The first-order valence-electron chi connectivity index (χ1n) is 9.20. The van der Waals surface area contributed by atoms with Crippen LogP contribution in [0.2, 0.25) is 0 Å². The highest BCUT2D eigenvalue weighted by Crippen LogP contribution is 2.56. The summed E-state index contributed by atoms with van der Waals surface area (Å²) in [6, 6.07) is 7.25. The van der Waals surface area contributed by atoms with Crippen molar-refractivity contribution in [2.24, 2.45) is 0 Å². The molecular formula is C20H18N2O7S2. The van der Waals surface area contributed by atoms with Gasteiger partial charge in [0.1, 0.15) is 22.0 Å². The summed E-state index contributed by atoms with van der Waals surface area (Å²) in [4.78, 5) is 51.3. The predicted octanol–water partition coefficient (Wildman–Crippen LogP) is 2.58. The lowest BCUT2D eigenvalue weighted by Crippen LogP contribution is -2.47. The number of para-hydroxylation sites is 1. The molecule has 1 atom stereocenters. The number of nitrogens with zero attached hydrogens (tertiary/aromatic N) is 1. The van der Waals surface area contributed by atoms with Crippen molar-refractivity contribution >= 4 is 57.6 Å². The Hall–Kier alpha value is -3.05. The number of fused-ring (bicyclic) bond motifs is 3. The Kier molecular flexibility index (Phi) is 5.40. The molecule has 9 nitrogen and oxygen atoms in total. The summed E-state index contributed by atoms with van der Waals surface area (Å²) in [5, 5.41) is 0.0526. The van der Waals surface area contributed by atoms with Gasteiger partial charge in [-0.15, -0.1) is 11.3 Å². The van der Waals surface area contributed by atoms with Gasteiger partial charge in [0.2, 0.25) is 5.91 Å². The van der Waals surface area contributed by atoms with Crippen LogP contribution in [0.5, 0.6) is 0 Å². The van der Waals surface area contributed by atoms with Crippen LogP contribution in [0, 0.1) is 0 Å². The molecule has 0 aliphatic carbocycles. The molecule has 0 bridgehead atoms. The van der Waals surface area contributed by atoms with Crippen LogP contribution < -0.4 is 10.6 Å². The average Bonchev–Trinajstić information content (AvgIpc) is 3.40. The van der Waals surface area contributed by atoms with Crippen molar-refractivity contribution in [3.05, 3.63) is 40.3 Å². The maximum Gasteiger partial charge on any atom is 0.348 e. The van der Waals surface area contributed by atoms with Gasteiger partial charge in [0, 0.05) is 23.3 Å². The van der Waals surface area contributed by atoms with Gasteiger partial charge in [0.15, 0.2) is 4.87 Å². The van der Waals surface area contributed by atoms with Gasteiger partial charge < -0.3 is 19.9 Å². The molecule has 0 saturated carbocycles. The highest BCUT2D eigenvalue weighted by atomic mass is 32.2. The molecule has 4 rings (SSSR count). The number of nitrogens with two attached hydrogens (primary N) is 1. The summed E-state index contributed by atoms with van der Waals surface area (Å²) < 4.78 is 15.1. The number of hydrogen-bond acceptors (Lipinski definition) is 10. The van der Waals surface area contributed by atoms with Crippen LogP contribution in [0.4, 0.5) is 10.7 Å². The molecule has 2 aromatic rings. The second-order valence-corrected chi connectivity index (χ2v) is 9.16. The Bertz CT molecular complexity index is 1110. The van der Waals surface area contributed by atoms with E-state index in [0.29, 0.717) is 5.69 Å². The van der Waals surface area contributed by atoms with E-state index in [4.69, 9.17) is 19.9 Å². The molecule has 1 unspecified atom stereocenters. The number of rotatable bonds is 5. The summed E-state index contributed by atoms with van der Waals surface area (Å²) in [7, 11) is 2.37. The van der Waals surface area contributed by atoms with Gasteiger partial charge in [0.05, 0.1) is 19.9 Å². The van der Waals surface area contributed by atoms with Crippen molar-refractivity contribution in [1.82, 2.24) is 0 Å². The van der Waals surface area contributed by atoms with Gasteiger partial charge in [-0.3, -0.25) is 9.69 Å². The summed E-state index contributed by atoms with van der Waals surface area (Å²) in [6.07, 6.45) is 0.492. The molecule has 1 aromatic heterocycles. The lowest BCUT2D eigenvalue weighted by molar-refractivity contribution is -0.148. The summed E-state index contributed by atoms with van der Waals surface area (Å²) in [6.45, 7) is -0.401. The van der Waals surface area contributed by atoms with E-state index in [1.54, 1.807) is 12.1 Å². The molecule has 2 aliphatic rings. The number of nitrogen functional groups attached to an aromatic ring is 1. The molecule has 31 heavy (non-hydrogen) atoms. The van der Waals surface area contributed by atoms with Gasteiger partial charge in [0.25, 0.3) is 0 Å². The van der Waals surface area contributed by atoms with Crippen LogP contribution in [0.3, 0.4) is 0 Å². The van der Waals surface area contributed by atoms with E-state index in [9.17, 15) is 19.2 Å². The Morgan fingerprint density at radius 3 is 2.58 bits per heavy atom. The van der Waals surface area contributed by atoms with Gasteiger partial charge in [-0.05, 0) is 12.1 Å². The normalized spacial score (nSPS) is 19.0. The van der Waals surface area contributed by atoms with Crippen molar-refractivity contribution in [2.45, 2.75) is 29.2 Å². The summed E-state index contributed by atoms with van der Waals surface area (Å²) in [5.74, 6) is -2.28. The number of carbonyl (C=O) groups excluding carboxylic acids is 4. The number of esters is 3. The lowest BCUT2D eigenvalue weighted by Gasteiger charge is -2.28. The number of amides is 1. The van der Waals surface area contributed by atoms with Crippen molar-refractivity contribution in [1.29, 1.82) is 0 Å². The zero-order chi connectivity index (χ0) is 22.3. The van der Waals surface area contributed by atoms with E-state index in [2.05, 4.69) is 0 Å². The van der Waals surface area contributed by atoms with Gasteiger partial charge in [-0.2, -0.15) is 0 Å². The summed E-state index contributed by atoms with van der Waals surface area (Å²) in [5.41, 5.74) is 6.65. The minimum absolute atomic E-state index is 0.0417. The number of hydrogen-bond donors (Lipinski definition) is 1. The minimum Gasteiger partial charge on any atom is -0.465 e. The predicted molar refractivity (Wildman–Crippen MR) is 113 cm³/mol. The monoisotopic (exact) mass is 462 g/mol. The quantitative estimate of drug-likeness (QED) is 0.527. The molecule has 0 spiro atoms. The number of thiophene rings is 1. The number of anilines is 2. The van der Waals surface area contributed by atoms with Crippen LogP contribution in [0.15, 0.2) is 29.2 Å². The Morgan fingerprint density at radius 2 is 1.87 bits per heavy atom. The smallest absolute Gasteiger partial charge is 0.348 e. The molecule has 2 aliphatic heterocycles. The molecule has 2 N–H and O–H groups in total. The van der Waals surface area contributed by atoms with Crippen LogP contribution in [0.1, 0.15) is 38.4 Å². The highest BCUT2D eigenvalue weighted by Gasteiger charge is 2.58. The zero-order valence-electron chi connectivity index (χ0n) is 16.6.